The van der Waals surface area contributed by atoms with Crippen LogP contribution in [0.1, 0.15) is 36.3 Å². The Morgan fingerprint density at radius 3 is 2.82 bits per heavy atom. The largest absolute Gasteiger partial charge is 0.245 e. The normalized spacial score (nSPS) is 12.0. The number of nitrogens with zero attached hydrogens (tertiary/aromatic N) is 5. The molecule has 0 unspecified atom stereocenters. The molecule has 116 valence electrons. The van der Waals surface area contributed by atoms with Gasteiger partial charge in [0.05, 0.1) is 17.2 Å². The van der Waals surface area contributed by atoms with E-state index in [0.29, 0.717) is 0 Å². The van der Waals surface area contributed by atoms with Crippen molar-refractivity contribution in [1.29, 1.82) is 0 Å². The average Bonchev–Trinajstić information content (AvgIpc) is 3.17. The molecule has 0 aliphatic carbocycles. The summed E-state index contributed by atoms with van der Waals surface area (Å²) in [5, 5.41) is 18.2. The lowest BCUT2D eigenvalue weighted by Gasteiger charge is -2.13. The van der Waals surface area contributed by atoms with Gasteiger partial charge in [0.15, 0.2) is 0 Å². The lowest BCUT2D eigenvalue weighted by molar-refractivity contribution is 0.584. The SMILES string of the molecule is CC(C)(C)c1nc(CSc2nnnn2Cc2cccs2)cs1. The van der Waals surface area contributed by atoms with Crippen molar-refractivity contribution in [3.05, 3.63) is 38.5 Å². The average molecular weight is 352 g/mol. The smallest absolute Gasteiger partial charge is 0.210 e. The fourth-order valence-electron chi connectivity index (χ4n) is 1.81. The van der Waals surface area contributed by atoms with Crippen LogP contribution < -0.4 is 0 Å². The van der Waals surface area contributed by atoms with Gasteiger partial charge in [-0.2, -0.15) is 0 Å². The molecule has 0 radical (unpaired) electrons. The van der Waals surface area contributed by atoms with E-state index in [4.69, 9.17) is 4.98 Å². The quantitative estimate of drug-likeness (QED) is 0.654. The first-order valence-electron chi connectivity index (χ1n) is 6.88. The Labute approximate surface area is 141 Å². The van der Waals surface area contributed by atoms with E-state index in [1.807, 2.05) is 10.7 Å². The van der Waals surface area contributed by atoms with Crippen molar-refractivity contribution < 1.29 is 0 Å². The fourth-order valence-corrected chi connectivity index (χ4v) is 4.27. The van der Waals surface area contributed by atoms with Crippen molar-refractivity contribution in [2.75, 3.05) is 0 Å². The molecular weight excluding hydrogens is 334 g/mol. The van der Waals surface area contributed by atoms with Crippen LogP contribution in [-0.4, -0.2) is 25.2 Å². The third-order valence-electron chi connectivity index (χ3n) is 2.93. The van der Waals surface area contributed by atoms with Gasteiger partial charge in [-0.25, -0.2) is 9.67 Å². The van der Waals surface area contributed by atoms with Crippen molar-refractivity contribution in [2.24, 2.45) is 0 Å². The summed E-state index contributed by atoms with van der Waals surface area (Å²) < 4.78 is 1.84. The van der Waals surface area contributed by atoms with E-state index in [2.05, 4.69) is 53.1 Å². The number of thiazole rings is 1. The van der Waals surface area contributed by atoms with E-state index in [1.165, 1.54) is 9.88 Å². The highest BCUT2D eigenvalue weighted by Crippen LogP contribution is 2.28. The summed E-state index contributed by atoms with van der Waals surface area (Å²) in [6.45, 7) is 7.27. The first-order valence-corrected chi connectivity index (χ1v) is 9.63. The summed E-state index contributed by atoms with van der Waals surface area (Å²) >= 11 is 5.06. The minimum Gasteiger partial charge on any atom is -0.245 e. The van der Waals surface area contributed by atoms with Crippen molar-refractivity contribution in [3.8, 4) is 0 Å². The van der Waals surface area contributed by atoms with Gasteiger partial charge in [0, 0.05) is 21.4 Å². The predicted octanol–water partition coefficient (Wildman–Crippen LogP) is 3.83. The molecular formula is C14H17N5S3. The molecule has 0 bridgehead atoms. The van der Waals surface area contributed by atoms with E-state index >= 15 is 0 Å². The van der Waals surface area contributed by atoms with E-state index in [9.17, 15) is 0 Å². The number of hydrogen-bond acceptors (Lipinski definition) is 7. The first kappa shape index (κ1) is 15.6. The third-order valence-corrected chi connectivity index (χ3v) is 6.10. The van der Waals surface area contributed by atoms with E-state index in [-0.39, 0.29) is 5.41 Å². The Kier molecular flexibility index (Phi) is 4.60. The number of thiophene rings is 1. The van der Waals surface area contributed by atoms with Crippen LogP contribution in [0.3, 0.4) is 0 Å². The van der Waals surface area contributed by atoms with Crippen LogP contribution in [0.5, 0.6) is 0 Å². The Morgan fingerprint density at radius 1 is 1.27 bits per heavy atom. The molecule has 0 atom stereocenters. The lowest BCUT2D eigenvalue weighted by Crippen LogP contribution is -2.10. The van der Waals surface area contributed by atoms with Crippen LogP contribution in [-0.2, 0) is 17.7 Å². The number of rotatable bonds is 5. The molecule has 0 fully saturated rings. The van der Waals surface area contributed by atoms with Crippen molar-refractivity contribution in [3.63, 3.8) is 0 Å². The minimum atomic E-state index is 0.105. The molecule has 8 heteroatoms. The zero-order chi connectivity index (χ0) is 15.6. The Morgan fingerprint density at radius 2 is 2.14 bits per heavy atom. The molecule has 3 rings (SSSR count). The van der Waals surface area contributed by atoms with E-state index < -0.39 is 0 Å². The zero-order valence-electron chi connectivity index (χ0n) is 12.7. The van der Waals surface area contributed by atoms with Crippen LogP contribution in [0, 0.1) is 0 Å². The second-order valence-corrected chi connectivity index (χ2v) is 8.71. The zero-order valence-corrected chi connectivity index (χ0v) is 15.1. The maximum atomic E-state index is 4.71. The molecule has 22 heavy (non-hydrogen) atoms. The van der Waals surface area contributed by atoms with E-state index in [1.54, 1.807) is 34.4 Å². The Hall–Kier alpha value is -1.25. The summed E-state index contributed by atoms with van der Waals surface area (Å²) in [5.41, 5.74) is 1.19. The summed E-state index contributed by atoms with van der Waals surface area (Å²) in [4.78, 5) is 5.96. The molecule has 0 spiro atoms. The van der Waals surface area contributed by atoms with Crippen LogP contribution in [0.15, 0.2) is 28.0 Å². The van der Waals surface area contributed by atoms with Crippen LogP contribution in [0.25, 0.3) is 0 Å². The molecule has 3 aromatic heterocycles. The lowest BCUT2D eigenvalue weighted by atomic mass is 9.98. The third kappa shape index (κ3) is 3.74. The van der Waals surface area contributed by atoms with Crippen LogP contribution in [0.4, 0.5) is 0 Å². The molecule has 3 aromatic rings. The molecule has 0 N–H and O–H groups in total. The monoisotopic (exact) mass is 351 g/mol. The number of hydrogen-bond donors (Lipinski definition) is 0. The van der Waals surface area contributed by atoms with Gasteiger partial charge in [0.25, 0.3) is 0 Å². The van der Waals surface area contributed by atoms with E-state index in [0.717, 1.165) is 23.1 Å². The highest BCUT2D eigenvalue weighted by Gasteiger charge is 2.18. The molecule has 5 nitrogen and oxygen atoms in total. The van der Waals surface area contributed by atoms with Gasteiger partial charge in [-0.05, 0) is 21.9 Å². The van der Waals surface area contributed by atoms with Gasteiger partial charge in [0.2, 0.25) is 5.16 Å². The van der Waals surface area contributed by atoms with Crippen LogP contribution >= 0.6 is 34.4 Å². The molecule has 0 saturated carbocycles. The van der Waals surface area contributed by atoms with Crippen LogP contribution in [0.2, 0.25) is 0 Å². The standard InChI is InChI=1S/C14H17N5S3/c1-14(2,3)12-15-10(8-21-12)9-22-13-16-17-18-19(13)7-11-5-4-6-20-11/h4-6,8H,7,9H2,1-3H3. The first-order chi connectivity index (χ1) is 10.5. The topological polar surface area (TPSA) is 56.5 Å². The summed E-state index contributed by atoms with van der Waals surface area (Å²) in [6.07, 6.45) is 0. The highest BCUT2D eigenvalue weighted by atomic mass is 32.2. The summed E-state index contributed by atoms with van der Waals surface area (Å²) in [7, 11) is 0. The molecule has 0 aliphatic rings. The molecule has 0 aromatic carbocycles. The highest BCUT2D eigenvalue weighted by molar-refractivity contribution is 7.98. The van der Waals surface area contributed by atoms with Crippen molar-refractivity contribution >= 4 is 34.4 Å². The van der Waals surface area contributed by atoms with Crippen molar-refractivity contribution in [1.82, 2.24) is 25.2 Å². The second kappa shape index (κ2) is 6.47. The minimum absolute atomic E-state index is 0.105. The van der Waals surface area contributed by atoms with Gasteiger partial charge in [-0.1, -0.05) is 38.6 Å². The summed E-state index contributed by atoms with van der Waals surface area (Å²) in [6, 6.07) is 4.14. The Balaban J connectivity index is 1.65. The second-order valence-electron chi connectivity index (χ2n) is 5.88. The number of thioether (sulfide) groups is 1. The van der Waals surface area contributed by atoms with Crippen molar-refractivity contribution in [2.45, 2.75) is 43.6 Å². The molecule has 0 amide bonds. The molecule has 3 heterocycles. The van der Waals surface area contributed by atoms with Gasteiger partial charge in [-0.3, -0.25) is 0 Å². The molecule has 0 saturated heterocycles. The fraction of sp³-hybridized carbons (Fsp3) is 0.429. The van der Waals surface area contributed by atoms with Gasteiger partial charge in [0.1, 0.15) is 0 Å². The molecule has 0 aliphatic heterocycles. The van der Waals surface area contributed by atoms with Gasteiger partial charge in [-0.15, -0.1) is 27.8 Å². The number of tetrazole rings is 1. The Bertz CT molecular complexity index is 724. The van der Waals surface area contributed by atoms with Gasteiger partial charge >= 0.3 is 0 Å². The maximum Gasteiger partial charge on any atom is 0.210 e. The summed E-state index contributed by atoms with van der Waals surface area (Å²) in [5.74, 6) is 0.789. The predicted molar refractivity (Wildman–Crippen MR) is 91.6 cm³/mol. The number of aromatic nitrogens is 5. The maximum absolute atomic E-state index is 4.71. The van der Waals surface area contributed by atoms with Gasteiger partial charge < -0.3 is 0 Å².